The molecular weight excluding hydrogens is 546 g/mol. The molecule has 2 aromatic carbocycles. The molecule has 0 aliphatic rings. The van der Waals surface area contributed by atoms with Gasteiger partial charge in [0.1, 0.15) is 17.3 Å². The minimum atomic E-state index is -1.10. The number of furan rings is 1. The molecule has 2 N–H and O–H groups in total. The highest BCUT2D eigenvalue weighted by Gasteiger charge is 2.21. The minimum Gasteiger partial charge on any atom is -0.488 e. The van der Waals surface area contributed by atoms with Gasteiger partial charge in [-0.3, -0.25) is 14.9 Å². The van der Waals surface area contributed by atoms with Crippen LogP contribution in [0.1, 0.15) is 27.8 Å². The van der Waals surface area contributed by atoms with Crippen molar-refractivity contribution in [3.63, 3.8) is 0 Å². The number of aromatic amines is 1. The van der Waals surface area contributed by atoms with Crippen LogP contribution in [0.5, 0.6) is 5.88 Å². The second kappa shape index (κ2) is 11.0. The van der Waals surface area contributed by atoms with Gasteiger partial charge in [-0.2, -0.15) is 4.98 Å². The highest BCUT2D eigenvalue weighted by Crippen LogP contribution is 2.28. The van der Waals surface area contributed by atoms with Gasteiger partial charge in [-0.15, -0.1) is 10.2 Å². The van der Waals surface area contributed by atoms with Crippen LogP contribution in [-0.4, -0.2) is 36.2 Å². The second-order valence-electron chi connectivity index (χ2n) is 8.05. The Bertz CT molecular complexity index is 1810. The van der Waals surface area contributed by atoms with E-state index < -0.39 is 28.0 Å². The molecule has 40 heavy (non-hydrogen) atoms. The lowest BCUT2D eigenvalue weighted by atomic mass is 10.1. The zero-order valence-corrected chi connectivity index (χ0v) is 20.9. The molecule has 13 nitrogen and oxygen atoms in total. The van der Waals surface area contributed by atoms with Gasteiger partial charge in [0, 0.05) is 11.1 Å². The maximum atomic E-state index is 12.7. The fourth-order valence-corrected chi connectivity index (χ4v) is 3.72. The number of aromatic hydroxyl groups is 1. The van der Waals surface area contributed by atoms with Crippen LogP contribution < -0.4 is 5.56 Å². The number of hydrogen-bond acceptors (Lipinski definition) is 11. The van der Waals surface area contributed by atoms with Crippen LogP contribution in [0.25, 0.3) is 34.9 Å². The number of nitrogens with zero attached hydrogens (tertiary/aromatic N) is 4. The first-order chi connectivity index (χ1) is 19.3. The van der Waals surface area contributed by atoms with Crippen LogP contribution in [0, 0.1) is 10.1 Å². The summed E-state index contributed by atoms with van der Waals surface area (Å²) >= 11 is 6.23. The van der Waals surface area contributed by atoms with E-state index in [1.165, 1.54) is 24.3 Å². The summed E-state index contributed by atoms with van der Waals surface area (Å²) in [6.45, 7) is -0.261. The van der Waals surface area contributed by atoms with Crippen molar-refractivity contribution >= 4 is 35.4 Å². The third kappa shape index (κ3) is 5.63. The van der Waals surface area contributed by atoms with Gasteiger partial charge < -0.3 is 23.7 Å². The number of carbonyl (C=O) groups is 1. The van der Waals surface area contributed by atoms with Crippen molar-refractivity contribution in [2.24, 2.45) is 0 Å². The largest absolute Gasteiger partial charge is 0.488 e. The van der Waals surface area contributed by atoms with E-state index in [0.717, 1.165) is 5.56 Å². The summed E-state index contributed by atoms with van der Waals surface area (Å²) in [6, 6.07) is 17.0. The smallest absolute Gasteiger partial charge is 0.395 e. The van der Waals surface area contributed by atoms with Crippen molar-refractivity contribution in [1.29, 1.82) is 0 Å². The van der Waals surface area contributed by atoms with Crippen molar-refractivity contribution in [2.75, 3.05) is 0 Å². The predicted octanol–water partition coefficient (Wildman–Crippen LogP) is 4.87. The Morgan fingerprint density at radius 3 is 2.62 bits per heavy atom. The molecule has 5 rings (SSSR count). The number of rotatable bonds is 8. The van der Waals surface area contributed by atoms with Crippen molar-refractivity contribution in [3.8, 4) is 28.7 Å². The molecule has 0 fully saturated rings. The number of nitrogens with one attached hydrogen (secondary N) is 1. The molecule has 3 aromatic heterocycles. The normalized spacial score (nSPS) is 11.1. The monoisotopic (exact) mass is 561 g/mol. The maximum Gasteiger partial charge on any atom is 0.395 e. The highest BCUT2D eigenvalue weighted by molar-refractivity contribution is 6.33. The molecule has 0 aliphatic heterocycles. The number of benzene rings is 2. The molecular formula is C26H16ClN5O8. The summed E-state index contributed by atoms with van der Waals surface area (Å²) in [4.78, 5) is 40.1. The lowest BCUT2D eigenvalue weighted by Crippen LogP contribution is -2.14. The Kier molecular flexibility index (Phi) is 7.20. The lowest BCUT2D eigenvalue weighted by Gasteiger charge is -2.06. The van der Waals surface area contributed by atoms with E-state index in [1.807, 2.05) is 30.3 Å². The van der Waals surface area contributed by atoms with Gasteiger partial charge in [-0.05, 0) is 54.6 Å². The van der Waals surface area contributed by atoms with Crippen LogP contribution >= 0.6 is 11.6 Å². The molecule has 200 valence electrons. The number of hydrogen-bond donors (Lipinski definition) is 2. The third-order valence-corrected chi connectivity index (χ3v) is 5.72. The van der Waals surface area contributed by atoms with E-state index in [2.05, 4.69) is 20.2 Å². The van der Waals surface area contributed by atoms with E-state index in [1.54, 1.807) is 18.2 Å². The summed E-state index contributed by atoms with van der Waals surface area (Å²) in [6.07, 6.45) is 2.71. The van der Waals surface area contributed by atoms with Crippen molar-refractivity contribution in [2.45, 2.75) is 6.61 Å². The van der Waals surface area contributed by atoms with Gasteiger partial charge in [0.15, 0.2) is 6.61 Å². The quantitative estimate of drug-likeness (QED) is 0.149. The molecule has 0 bridgehead atoms. The number of carbonyl (C=O) groups excluding carboxylic acids is 1. The Morgan fingerprint density at radius 1 is 1.07 bits per heavy atom. The summed E-state index contributed by atoms with van der Waals surface area (Å²) in [5.41, 5.74) is -0.832. The van der Waals surface area contributed by atoms with Crippen LogP contribution in [-0.2, 0) is 11.3 Å². The summed E-state index contributed by atoms with van der Waals surface area (Å²) in [5, 5.41) is 28.5. The molecule has 0 atom stereocenters. The number of aromatic nitrogens is 4. The van der Waals surface area contributed by atoms with Gasteiger partial charge in [0.2, 0.25) is 5.89 Å². The molecule has 0 radical (unpaired) electrons. The van der Waals surface area contributed by atoms with Crippen molar-refractivity contribution in [3.05, 3.63) is 109 Å². The lowest BCUT2D eigenvalue weighted by molar-refractivity contribution is -0.387. The van der Waals surface area contributed by atoms with E-state index in [0.29, 0.717) is 23.0 Å². The van der Waals surface area contributed by atoms with Crippen LogP contribution in [0.4, 0.5) is 5.69 Å². The zero-order chi connectivity index (χ0) is 28.2. The molecule has 3 heterocycles. The fourth-order valence-electron chi connectivity index (χ4n) is 3.52. The van der Waals surface area contributed by atoms with Gasteiger partial charge in [0.05, 0.1) is 15.5 Å². The number of ether oxygens (including phenoxy) is 1. The average Bonchev–Trinajstić information content (AvgIpc) is 3.61. The van der Waals surface area contributed by atoms with Gasteiger partial charge >= 0.3 is 17.2 Å². The summed E-state index contributed by atoms with van der Waals surface area (Å²) < 4.78 is 16.6. The van der Waals surface area contributed by atoms with Gasteiger partial charge in [-0.1, -0.05) is 29.8 Å². The Balaban J connectivity index is 1.28. The van der Waals surface area contributed by atoms with Crippen LogP contribution in [0.15, 0.2) is 74.3 Å². The molecule has 0 aliphatic carbocycles. The third-order valence-electron chi connectivity index (χ3n) is 5.39. The SMILES string of the molecule is O=C(OCc1nnc(-c2ccccc2)o1)c1cc(-c2ccc(/C=C/c3nc(O)c([N+](=O)[O-])c(=O)[nH]3)o2)ccc1Cl. The summed E-state index contributed by atoms with van der Waals surface area (Å²) in [7, 11) is 0. The Hall–Kier alpha value is -5.56. The van der Waals surface area contributed by atoms with E-state index in [9.17, 15) is 24.8 Å². The molecule has 14 heteroatoms. The van der Waals surface area contributed by atoms with Crippen molar-refractivity contribution < 1.29 is 28.4 Å². The minimum absolute atomic E-state index is 0.0820. The van der Waals surface area contributed by atoms with Crippen molar-refractivity contribution in [1.82, 2.24) is 20.2 Å². The highest BCUT2D eigenvalue weighted by atomic mass is 35.5. The molecule has 0 saturated carbocycles. The standard InChI is InChI=1S/C26H16ClN5O8/c27-18-9-6-15(12-17(18)26(35)38-13-21-30-31-25(40-21)14-4-2-1-3-5-14)19-10-7-16(39-19)8-11-20-28-23(33)22(32(36)37)24(34)29-20/h1-12H,13H2,(H2,28,29,33,34)/b11-8+. The number of esters is 1. The van der Waals surface area contributed by atoms with Crippen LogP contribution in [0.2, 0.25) is 5.02 Å². The predicted molar refractivity (Wildman–Crippen MR) is 140 cm³/mol. The topological polar surface area (TPSA) is 187 Å². The second-order valence-corrected chi connectivity index (χ2v) is 8.46. The molecule has 0 unspecified atom stereocenters. The average molecular weight is 562 g/mol. The molecule has 5 aromatic rings. The first kappa shape index (κ1) is 26.1. The number of nitro groups is 1. The summed E-state index contributed by atoms with van der Waals surface area (Å²) in [5.74, 6) is -0.750. The molecule has 0 amide bonds. The Labute approximate surface area is 228 Å². The zero-order valence-electron chi connectivity index (χ0n) is 20.1. The first-order valence-electron chi connectivity index (χ1n) is 11.4. The van der Waals surface area contributed by atoms with E-state index >= 15 is 0 Å². The number of halogens is 1. The molecule has 0 spiro atoms. The maximum absolute atomic E-state index is 12.7. The van der Waals surface area contributed by atoms with E-state index in [-0.39, 0.29) is 28.9 Å². The first-order valence-corrected chi connectivity index (χ1v) is 11.8. The van der Waals surface area contributed by atoms with Gasteiger partial charge in [0.25, 0.3) is 11.8 Å². The number of H-pyrrole nitrogens is 1. The Morgan fingerprint density at radius 2 is 1.88 bits per heavy atom. The van der Waals surface area contributed by atoms with Gasteiger partial charge in [-0.25, -0.2) is 4.79 Å². The van der Waals surface area contributed by atoms with Crippen LogP contribution in [0.3, 0.4) is 0 Å². The van der Waals surface area contributed by atoms with E-state index in [4.69, 9.17) is 25.2 Å². The molecule has 0 saturated heterocycles. The fraction of sp³-hybridized carbons (Fsp3) is 0.0385.